The van der Waals surface area contributed by atoms with Crippen molar-refractivity contribution in [1.82, 2.24) is 0 Å². The van der Waals surface area contributed by atoms with Crippen LogP contribution >= 0.6 is 15.6 Å². The van der Waals surface area contributed by atoms with Crippen LogP contribution < -0.4 is 0 Å². The van der Waals surface area contributed by atoms with Crippen molar-refractivity contribution in [3.05, 3.63) is 0 Å². The van der Waals surface area contributed by atoms with Gasteiger partial charge in [-0.1, -0.05) is 311 Å². The number of phosphoric acid groups is 2. The number of unbranched alkanes of at least 4 members (excludes halogenated alkanes) is 40. The Bertz CT molecular complexity index is 1750. The molecule has 0 spiro atoms. The molecule has 0 amide bonds. The van der Waals surface area contributed by atoms with Gasteiger partial charge in [0.25, 0.3) is 0 Å². The fourth-order valence-corrected chi connectivity index (χ4v) is 12.3. The number of aliphatic hydroxyl groups is 1. The molecule has 0 aromatic rings. The molecular weight excluding hydrogens is 1190 g/mol. The Balaban J connectivity index is 5.20. The summed E-state index contributed by atoms with van der Waals surface area (Å²) in [5.41, 5.74) is 0. The molecule has 0 saturated carbocycles. The molecule has 17 nitrogen and oxygen atoms in total. The molecule has 0 saturated heterocycles. The van der Waals surface area contributed by atoms with E-state index in [1.165, 1.54) is 167 Å². The lowest BCUT2D eigenvalue weighted by molar-refractivity contribution is -0.161. The highest BCUT2D eigenvalue weighted by Gasteiger charge is 2.30. The van der Waals surface area contributed by atoms with Gasteiger partial charge in [-0.05, 0) is 37.5 Å². The lowest BCUT2D eigenvalue weighted by atomic mass is 10.0. The summed E-state index contributed by atoms with van der Waals surface area (Å²) in [4.78, 5) is 72.4. The van der Waals surface area contributed by atoms with Crippen LogP contribution in [0.5, 0.6) is 0 Å². The zero-order chi connectivity index (χ0) is 66.5. The number of aliphatic hydroxyl groups excluding tert-OH is 1. The summed E-state index contributed by atoms with van der Waals surface area (Å²) < 4.78 is 68.2. The number of ether oxygens (including phenoxy) is 4. The number of phosphoric ester groups is 2. The van der Waals surface area contributed by atoms with Gasteiger partial charge in [0.15, 0.2) is 12.2 Å². The largest absolute Gasteiger partial charge is 0.472 e. The Kier molecular flexibility index (Phi) is 61.8. The van der Waals surface area contributed by atoms with E-state index in [9.17, 15) is 43.2 Å². The third kappa shape index (κ3) is 64.8. The minimum absolute atomic E-state index is 0.104. The maximum absolute atomic E-state index is 13.0. The van der Waals surface area contributed by atoms with Gasteiger partial charge in [-0.25, -0.2) is 9.13 Å². The smallest absolute Gasteiger partial charge is 0.462 e. The van der Waals surface area contributed by atoms with Crippen molar-refractivity contribution < 1.29 is 80.2 Å². The lowest BCUT2D eigenvalue weighted by Gasteiger charge is -2.21. The quantitative estimate of drug-likeness (QED) is 0.0222. The molecule has 534 valence electrons. The van der Waals surface area contributed by atoms with Gasteiger partial charge >= 0.3 is 39.5 Å². The molecular formula is C71H138O17P2. The molecule has 0 aromatic heterocycles. The molecule has 19 heteroatoms. The average Bonchev–Trinajstić information content (AvgIpc) is 3.02. The van der Waals surface area contributed by atoms with Crippen molar-refractivity contribution in [2.45, 2.75) is 381 Å². The topological polar surface area (TPSA) is 237 Å². The summed E-state index contributed by atoms with van der Waals surface area (Å²) in [6.07, 6.45) is 48.7. The molecule has 90 heavy (non-hydrogen) atoms. The highest BCUT2D eigenvalue weighted by Crippen LogP contribution is 2.45. The van der Waals surface area contributed by atoms with Crippen LogP contribution in [0.4, 0.5) is 0 Å². The molecule has 0 aliphatic rings. The Labute approximate surface area is 549 Å². The van der Waals surface area contributed by atoms with Crippen molar-refractivity contribution >= 4 is 39.5 Å². The maximum Gasteiger partial charge on any atom is 0.472 e. The molecule has 0 aliphatic heterocycles. The minimum atomic E-state index is -4.95. The standard InChI is InChI=1S/C71H138O17P2/c1-7-9-11-13-15-16-17-18-19-20-23-26-29-36-42-48-54-69(74)82-60-67(87-70(75)55-49-43-37-30-27-24-21-22-25-28-34-39-45-51-63(3)4)62-86-90(79,80)84-58-65(72)57-83-89(77,78)85-61-66(59-81-68(73)53-47-41-33-14-12-10-8-2)88-71(76)56-50-44-38-32-31-35-40-46-52-64(5)6/h63-67,72H,7-62H2,1-6H3,(H,77,78)(H,79,80)/t65-,66+,67+/m0/s1. The SMILES string of the molecule is CCCCCCCCCCCCCCCCCCC(=O)OC[C@H](COP(=O)(O)OC[C@@H](O)COP(=O)(O)OC[C@@H](COC(=O)CCCCCCCCC)OC(=O)CCCCCCCCCCC(C)C)OC(=O)CCCCCCCCCCCCCCCC(C)C. The van der Waals surface area contributed by atoms with E-state index in [1.54, 1.807) is 0 Å². The molecule has 0 heterocycles. The Hall–Kier alpha value is -1.94. The zero-order valence-corrected chi connectivity index (χ0v) is 60.2. The monoisotopic (exact) mass is 1320 g/mol. The summed E-state index contributed by atoms with van der Waals surface area (Å²) in [6, 6.07) is 0. The number of hydrogen-bond donors (Lipinski definition) is 3. The van der Waals surface area contributed by atoms with Gasteiger partial charge in [-0.3, -0.25) is 37.3 Å². The van der Waals surface area contributed by atoms with Crippen molar-refractivity contribution in [2.24, 2.45) is 11.8 Å². The Morgan fingerprint density at radius 2 is 0.511 bits per heavy atom. The third-order valence-corrected chi connectivity index (χ3v) is 18.4. The van der Waals surface area contributed by atoms with Gasteiger partial charge in [0.1, 0.15) is 19.3 Å². The van der Waals surface area contributed by atoms with Gasteiger partial charge in [0.05, 0.1) is 26.4 Å². The molecule has 0 bridgehead atoms. The van der Waals surface area contributed by atoms with Crippen molar-refractivity contribution in [3.63, 3.8) is 0 Å². The molecule has 2 unspecified atom stereocenters. The summed E-state index contributed by atoms with van der Waals surface area (Å²) in [6.45, 7) is 9.49. The molecule has 0 aliphatic carbocycles. The van der Waals surface area contributed by atoms with E-state index in [0.717, 1.165) is 115 Å². The molecule has 5 atom stereocenters. The molecule has 0 aromatic carbocycles. The number of carbonyl (C=O) groups is 4. The van der Waals surface area contributed by atoms with Gasteiger partial charge in [-0.2, -0.15) is 0 Å². The van der Waals surface area contributed by atoms with Gasteiger partial charge in [0, 0.05) is 25.7 Å². The molecule has 0 radical (unpaired) electrons. The summed E-state index contributed by atoms with van der Waals surface area (Å²) >= 11 is 0. The molecule has 3 N–H and O–H groups in total. The first-order valence-electron chi connectivity index (χ1n) is 37.0. The summed E-state index contributed by atoms with van der Waals surface area (Å²) in [5.74, 6) is -0.623. The number of carbonyl (C=O) groups excluding carboxylic acids is 4. The van der Waals surface area contributed by atoms with E-state index in [1.807, 2.05) is 0 Å². The fraction of sp³-hybridized carbons (Fsp3) is 0.944. The first-order chi connectivity index (χ1) is 43.4. The zero-order valence-electron chi connectivity index (χ0n) is 58.4. The van der Waals surface area contributed by atoms with Crippen LogP contribution in [0.1, 0.15) is 363 Å². The van der Waals surface area contributed by atoms with Crippen LogP contribution in [0.3, 0.4) is 0 Å². The first kappa shape index (κ1) is 88.1. The second-order valence-electron chi connectivity index (χ2n) is 26.6. The van der Waals surface area contributed by atoms with E-state index in [2.05, 4.69) is 41.5 Å². The van der Waals surface area contributed by atoms with E-state index in [0.29, 0.717) is 25.7 Å². The Morgan fingerprint density at radius 3 is 0.756 bits per heavy atom. The number of rotatable bonds is 70. The second-order valence-corrected chi connectivity index (χ2v) is 29.5. The van der Waals surface area contributed by atoms with Crippen molar-refractivity contribution in [1.29, 1.82) is 0 Å². The lowest BCUT2D eigenvalue weighted by Crippen LogP contribution is -2.30. The number of esters is 4. The van der Waals surface area contributed by atoms with Crippen LogP contribution in [0.25, 0.3) is 0 Å². The van der Waals surface area contributed by atoms with Crippen molar-refractivity contribution in [2.75, 3.05) is 39.6 Å². The van der Waals surface area contributed by atoms with Crippen LogP contribution in [0.2, 0.25) is 0 Å². The van der Waals surface area contributed by atoms with Crippen LogP contribution in [0, 0.1) is 11.8 Å². The van der Waals surface area contributed by atoms with E-state index < -0.39 is 97.5 Å². The number of hydrogen-bond acceptors (Lipinski definition) is 15. The highest BCUT2D eigenvalue weighted by molar-refractivity contribution is 7.47. The van der Waals surface area contributed by atoms with Crippen LogP contribution in [0.15, 0.2) is 0 Å². The normalized spacial score (nSPS) is 14.1. The van der Waals surface area contributed by atoms with Gasteiger partial charge in [-0.15, -0.1) is 0 Å². The van der Waals surface area contributed by atoms with Gasteiger partial charge < -0.3 is 33.8 Å². The Morgan fingerprint density at radius 1 is 0.300 bits per heavy atom. The summed E-state index contributed by atoms with van der Waals surface area (Å²) in [5, 5.41) is 10.6. The van der Waals surface area contributed by atoms with Gasteiger partial charge in [0.2, 0.25) is 0 Å². The van der Waals surface area contributed by atoms with Crippen LogP contribution in [-0.4, -0.2) is 96.7 Å². The summed E-state index contributed by atoms with van der Waals surface area (Å²) in [7, 11) is -9.90. The van der Waals surface area contributed by atoms with Crippen molar-refractivity contribution in [3.8, 4) is 0 Å². The molecule has 0 rings (SSSR count). The average molecular weight is 1330 g/mol. The molecule has 0 fully saturated rings. The van der Waals surface area contributed by atoms with E-state index >= 15 is 0 Å². The minimum Gasteiger partial charge on any atom is -0.462 e. The van der Waals surface area contributed by atoms with Crippen LogP contribution in [-0.2, 0) is 65.4 Å². The van der Waals surface area contributed by atoms with E-state index in [4.69, 9.17) is 37.0 Å². The first-order valence-corrected chi connectivity index (χ1v) is 40.0. The predicted molar refractivity (Wildman–Crippen MR) is 363 cm³/mol. The van der Waals surface area contributed by atoms with E-state index in [-0.39, 0.29) is 25.7 Å². The third-order valence-electron chi connectivity index (χ3n) is 16.5. The fourth-order valence-electron chi connectivity index (χ4n) is 10.8. The second kappa shape index (κ2) is 63.1. The predicted octanol–water partition coefficient (Wildman–Crippen LogP) is 20.4. The highest BCUT2D eigenvalue weighted by atomic mass is 31.2. The maximum atomic E-state index is 13.0.